The van der Waals surface area contributed by atoms with Gasteiger partial charge in [-0.15, -0.1) is 0 Å². The fourth-order valence-electron chi connectivity index (χ4n) is 2.04. The third-order valence-corrected chi connectivity index (χ3v) is 3.15. The van der Waals surface area contributed by atoms with E-state index in [4.69, 9.17) is 4.74 Å². The molecule has 2 heteroatoms. The van der Waals surface area contributed by atoms with E-state index in [9.17, 15) is 5.11 Å². The van der Waals surface area contributed by atoms with Gasteiger partial charge in [0.25, 0.3) is 0 Å². The van der Waals surface area contributed by atoms with Crippen molar-refractivity contribution in [1.82, 2.24) is 0 Å². The standard InChI is InChI=1S/C14H20O2/c1-13(2)8-7-10-9-11(14(3,4)15)5-6-12(10)16-13/h5-6,9,15H,7-8H2,1-4H3. The molecule has 0 saturated heterocycles. The Labute approximate surface area is 97.3 Å². The summed E-state index contributed by atoms with van der Waals surface area (Å²) in [4.78, 5) is 0. The molecule has 0 fully saturated rings. The largest absolute Gasteiger partial charge is 0.488 e. The summed E-state index contributed by atoms with van der Waals surface area (Å²) in [5.41, 5.74) is 1.32. The van der Waals surface area contributed by atoms with E-state index in [0.717, 1.165) is 24.2 Å². The first kappa shape index (κ1) is 11.5. The maximum absolute atomic E-state index is 9.95. The lowest BCUT2D eigenvalue weighted by Gasteiger charge is -2.33. The highest BCUT2D eigenvalue weighted by atomic mass is 16.5. The molecule has 2 nitrogen and oxygen atoms in total. The van der Waals surface area contributed by atoms with Crippen LogP contribution < -0.4 is 4.74 Å². The second-order valence-corrected chi connectivity index (χ2v) is 5.74. The molecular weight excluding hydrogens is 200 g/mol. The van der Waals surface area contributed by atoms with E-state index in [1.165, 1.54) is 5.56 Å². The highest BCUT2D eigenvalue weighted by Crippen LogP contribution is 2.35. The van der Waals surface area contributed by atoms with Gasteiger partial charge in [-0.25, -0.2) is 0 Å². The Morgan fingerprint density at radius 3 is 2.62 bits per heavy atom. The molecular formula is C14H20O2. The molecule has 1 N–H and O–H groups in total. The molecule has 0 aliphatic carbocycles. The summed E-state index contributed by atoms with van der Waals surface area (Å²) in [6, 6.07) is 5.98. The van der Waals surface area contributed by atoms with E-state index in [0.29, 0.717) is 0 Å². The Hall–Kier alpha value is -1.02. The molecule has 0 radical (unpaired) electrons. The summed E-state index contributed by atoms with van der Waals surface area (Å²) in [6.07, 6.45) is 2.04. The Bertz CT molecular complexity index is 400. The van der Waals surface area contributed by atoms with Crippen molar-refractivity contribution in [3.05, 3.63) is 29.3 Å². The van der Waals surface area contributed by atoms with Crippen LogP contribution in [0, 0.1) is 0 Å². The molecule has 1 aliphatic rings. The van der Waals surface area contributed by atoms with E-state index in [-0.39, 0.29) is 5.60 Å². The molecule has 0 saturated carbocycles. The highest BCUT2D eigenvalue weighted by molar-refractivity contribution is 5.41. The fourth-order valence-corrected chi connectivity index (χ4v) is 2.04. The van der Waals surface area contributed by atoms with Crippen LogP contribution in [-0.4, -0.2) is 10.7 Å². The molecule has 1 aromatic rings. The third-order valence-electron chi connectivity index (χ3n) is 3.15. The van der Waals surface area contributed by atoms with Crippen molar-refractivity contribution < 1.29 is 9.84 Å². The summed E-state index contributed by atoms with van der Waals surface area (Å²) in [5, 5.41) is 9.95. The number of aliphatic hydroxyl groups is 1. The molecule has 1 aliphatic heterocycles. The van der Waals surface area contributed by atoms with Crippen LogP contribution in [0.5, 0.6) is 5.75 Å². The van der Waals surface area contributed by atoms with Gasteiger partial charge in [-0.1, -0.05) is 6.07 Å². The first-order valence-electron chi connectivity index (χ1n) is 5.83. The lowest BCUT2D eigenvalue weighted by molar-refractivity contribution is 0.0753. The van der Waals surface area contributed by atoms with Crippen LogP contribution >= 0.6 is 0 Å². The van der Waals surface area contributed by atoms with Gasteiger partial charge in [0.15, 0.2) is 0 Å². The van der Waals surface area contributed by atoms with Gasteiger partial charge in [0.1, 0.15) is 11.4 Å². The van der Waals surface area contributed by atoms with E-state index < -0.39 is 5.60 Å². The van der Waals surface area contributed by atoms with E-state index in [2.05, 4.69) is 19.9 Å². The summed E-state index contributed by atoms with van der Waals surface area (Å²) in [5.74, 6) is 0.962. The second kappa shape index (κ2) is 3.49. The molecule has 88 valence electrons. The molecule has 2 rings (SSSR count). The number of aryl methyl sites for hydroxylation is 1. The van der Waals surface area contributed by atoms with E-state index in [1.54, 1.807) is 0 Å². The average molecular weight is 220 g/mol. The van der Waals surface area contributed by atoms with Crippen LogP contribution in [-0.2, 0) is 12.0 Å². The normalized spacial score (nSPS) is 18.8. The number of fused-ring (bicyclic) bond motifs is 1. The van der Waals surface area contributed by atoms with Crippen LogP contribution in [0.3, 0.4) is 0 Å². The minimum atomic E-state index is -0.776. The smallest absolute Gasteiger partial charge is 0.123 e. The molecule has 16 heavy (non-hydrogen) atoms. The molecule has 0 atom stereocenters. The average Bonchev–Trinajstić information content (AvgIpc) is 2.14. The topological polar surface area (TPSA) is 29.5 Å². The van der Waals surface area contributed by atoms with E-state index >= 15 is 0 Å². The molecule has 0 bridgehead atoms. The Morgan fingerprint density at radius 2 is 2.00 bits per heavy atom. The lowest BCUT2D eigenvalue weighted by Crippen LogP contribution is -2.32. The predicted molar refractivity (Wildman–Crippen MR) is 64.7 cm³/mol. The van der Waals surface area contributed by atoms with E-state index in [1.807, 2.05) is 26.0 Å². The molecule has 0 amide bonds. The SMILES string of the molecule is CC1(C)CCc2cc(C(C)(C)O)ccc2O1. The van der Waals surface area contributed by atoms with Crippen LogP contribution in [0.4, 0.5) is 0 Å². The van der Waals surface area contributed by atoms with Crippen molar-refractivity contribution in [2.75, 3.05) is 0 Å². The molecule has 1 aromatic carbocycles. The van der Waals surface area contributed by atoms with Crippen LogP contribution in [0.25, 0.3) is 0 Å². The molecule has 0 aromatic heterocycles. The quantitative estimate of drug-likeness (QED) is 0.788. The lowest BCUT2D eigenvalue weighted by atomic mass is 9.90. The van der Waals surface area contributed by atoms with Crippen molar-refractivity contribution in [2.24, 2.45) is 0 Å². The van der Waals surface area contributed by atoms with Crippen molar-refractivity contribution in [1.29, 1.82) is 0 Å². The van der Waals surface area contributed by atoms with Gasteiger partial charge in [-0.2, -0.15) is 0 Å². The Morgan fingerprint density at radius 1 is 1.31 bits per heavy atom. The zero-order valence-corrected chi connectivity index (χ0v) is 10.5. The van der Waals surface area contributed by atoms with Gasteiger partial charge < -0.3 is 9.84 Å². The summed E-state index contributed by atoms with van der Waals surface area (Å²) < 4.78 is 5.91. The minimum Gasteiger partial charge on any atom is -0.488 e. The molecule has 0 spiro atoms. The maximum Gasteiger partial charge on any atom is 0.123 e. The molecule has 1 heterocycles. The van der Waals surface area contributed by atoms with Crippen molar-refractivity contribution >= 4 is 0 Å². The number of hydrogen-bond acceptors (Lipinski definition) is 2. The predicted octanol–water partition coefficient (Wildman–Crippen LogP) is 3.02. The van der Waals surface area contributed by atoms with Gasteiger partial charge in [0, 0.05) is 0 Å². The van der Waals surface area contributed by atoms with Gasteiger partial charge >= 0.3 is 0 Å². The van der Waals surface area contributed by atoms with Gasteiger partial charge in [-0.05, 0) is 63.8 Å². The summed E-state index contributed by atoms with van der Waals surface area (Å²) in [6.45, 7) is 7.84. The summed E-state index contributed by atoms with van der Waals surface area (Å²) >= 11 is 0. The van der Waals surface area contributed by atoms with Gasteiger partial charge in [-0.3, -0.25) is 0 Å². The zero-order chi connectivity index (χ0) is 12.0. The Kier molecular flexibility index (Phi) is 2.50. The van der Waals surface area contributed by atoms with Crippen LogP contribution in [0.1, 0.15) is 45.2 Å². The number of hydrogen-bond donors (Lipinski definition) is 1. The van der Waals surface area contributed by atoms with Crippen LogP contribution in [0.2, 0.25) is 0 Å². The minimum absolute atomic E-state index is 0.0662. The van der Waals surface area contributed by atoms with Crippen LogP contribution in [0.15, 0.2) is 18.2 Å². The Balaban J connectivity index is 2.36. The highest BCUT2D eigenvalue weighted by Gasteiger charge is 2.27. The summed E-state index contributed by atoms with van der Waals surface area (Å²) in [7, 11) is 0. The van der Waals surface area contributed by atoms with Crippen molar-refractivity contribution in [3.63, 3.8) is 0 Å². The number of ether oxygens (including phenoxy) is 1. The monoisotopic (exact) mass is 220 g/mol. The number of rotatable bonds is 1. The van der Waals surface area contributed by atoms with Crippen molar-refractivity contribution in [3.8, 4) is 5.75 Å². The molecule has 0 unspecified atom stereocenters. The zero-order valence-electron chi connectivity index (χ0n) is 10.5. The fraction of sp³-hybridized carbons (Fsp3) is 0.571. The first-order chi connectivity index (χ1) is 7.28. The van der Waals surface area contributed by atoms with Gasteiger partial charge in [0.2, 0.25) is 0 Å². The third kappa shape index (κ3) is 2.22. The van der Waals surface area contributed by atoms with Crippen molar-refractivity contribution in [2.45, 2.75) is 51.7 Å². The van der Waals surface area contributed by atoms with Gasteiger partial charge in [0.05, 0.1) is 5.60 Å². The maximum atomic E-state index is 9.95. The second-order valence-electron chi connectivity index (χ2n) is 5.74. The first-order valence-corrected chi connectivity index (χ1v) is 5.83. The number of benzene rings is 1.